The number of carbonyl (C=O) groups excluding carboxylic acids is 2. The molecule has 4 aromatic rings. The van der Waals surface area contributed by atoms with Crippen molar-refractivity contribution in [2.75, 3.05) is 13.1 Å². The third-order valence-electron chi connectivity index (χ3n) is 7.62. The largest absolute Gasteiger partial charge is 0.439 e. The van der Waals surface area contributed by atoms with E-state index in [4.69, 9.17) is 4.74 Å². The van der Waals surface area contributed by atoms with E-state index in [9.17, 15) is 9.59 Å². The first-order valence-electron chi connectivity index (χ1n) is 14.8. The van der Waals surface area contributed by atoms with Gasteiger partial charge in [0.25, 0.3) is 0 Å². The average molecular weight is 597 g/mol. The number of piperazine rings is 1. The van der Waals surface area contributed by atoms with E-state index in [2.05, 4.69) is 20.3 Å². The summed E-state index contributed by atoms with van der Waals surface area (Å²) in [5.74, 6) is 0.309. The van der Waals surface area contributed by atoms with Gasteiger partial charge in [0.05, 0.1) is 0 Å². The van der Waals surface area contributed by atoms with E-state index in [1.165, 1.54) is 6.07 Å². The summed E-state index contributed by atoms with van der Waals surface area (Å²) >= 11 is 0. The number of aryl methyl sites for hydroxylation is 1. The maximum atomic E-state index is 15.2. The molecule has 2 amide bonds. The van der Waals surface area contributed by atoms with Gasteiger partial charge in [-0.15, -0.1) is 0 Å². The van der Waals surface area contributed by atoms with E-state index < -0.39 is 11.9 Å². The van der Waals surface area contributed by atoms with Gasteiger partial charge in [0.15, 0.2) is 5.82 Å². The number of hydrogen-bond donors (Lipinski definition) is 1. The molecule has 9 nitrogen and oxygen atoms in total. The summed E-state index contributed by atoms with van der Waals surface area (Å²) in [5.41, 5.74) is 3.13. The van der Waals surface area contributed by atoms with Crippen molar-refractivity contribution in [3.8, 4) is 23.0 Å². The van der Waals surface area contributed by atoms with Gasteiger partial charge in [-0.2, -0.15) is 0 Å². The summed E-state index contributed by atoms with van der Waals surface area (Å²) in [6.07, 6.45) is 5.07. The number of nitrogens with zero attached hydrogens (tertiary/aromatic N) is 5. The molecule has 10 heteroatoms. The number of ether oxygens (including phenoxy) is 1. The van der Waals surface area contributed by atoms with Crippen LogP contribution in [0.2, 0.25) is 0 Å². The minimum atomic E-state index is -0.749. The summed E-state index contributed by atoms with van der Waals surface area (Å²) in [6, 6.07) is 16.7. The molecule has 0 spiro atoms. The number of amides is 2. The van der Waals surface area contributed by atoms with E-state index in [0.717, 1.165) is 16.7 Å². The second-order valence-electron chi connectivity index (χ2n) is 11.4. The zero-order chi connectivity index (χ0) is 31.2. The normalized spacial score (nSPS) is 17.0. The van der Waals surface area contributed by atoms with Crippen LogP contribution in [0.4, 0.5) is 4.39 Å². The highest BCUT2D eigenvalue weighted by Gasteiger charge is 2.40. The number of hydrogen-bond acceptors (Lipinski definition) is 7. The molecule has 1 aliphatic heterocycles. The van der Waals surface area contributed by atoms with Gasteiger partial charge < -0.3 is 15.0 Å². The summed E-state index contributed by atoms with van der Waals surface area (Å²) in [5, 5.41) is 3.02. The Kier molecular flexibility index (Phi) is 9.59. The number of nitrogens with one attached hydrogen (secondary N) is 1. The van der Waals surface area contributed by atoms with Crippen molar-refractivity contribution in [1.29, 1.82) is 0 Å². The fourth-order valence-corrected chi connectivity index (χ4v) is 5.35. The minimum absolute atomic E-state index is 0.0927. The first-order chi connectivity index (χ1) is 21.2. The standard InChI is InChI=1S/C34H37FN6O3/c1-22(2)34(43)41-24(4)19-40(20-27-28(35)7-5-8-30(27)44-31-14-9-23(3)17-38-31)21-29(41)33(42)39-18-25-10-12-26(13-11-25)32-36-15-6-16-37-32/h5-17,22,24,29H,18-21H2,1-4H3,(H,39,42)/t24-,29-/m1/s1. The van der Waals surface area contributed by atoms with E-state index in [1.54, 1.807) is 47.8 Å². The molecule has 2 aromatic carbocycles. The molecule has 0 bridgehead atoms. The molecular weight excluding hydrogens is 559 g/mol. The molecule has 1 saturated heterocycles. The lowest BCUT2D eigenvalue weighted by Crippen LogP contribution is -2.64. The van der Waals surface area contributed by atoms with Crippen LogP contribution in [-0.2, 0) is 22.7 Å². The van der Waals surface area contributed by atoms with Crippen molar-refractivity contribution < 1.29 is 18.7 Å². The second-order valence-corrected chi connectivity index (χ2v) is 11.4. The van der Waals surface area contributed by atoms with Gasteiger partial charge in [-0.25, -0.2) is 19.3 Å². The first-order valence-corrected chi connectivity index (χ1v) is 14.8. The Labute approximate surface area is 257 Å². The lowest BCUT2D eigenvalue weighted by atomic mass is 10.0. The molecule has 5 rings (SSSR count). The molecule has 0 aliphatic carbocycles. The monoisotopic (exact) mass is 596 g/mol. The summed E-state index contributed by atoms with van der Waals surface area (Å²) in [6.45, 7) is 8.72. The lowest BCUT2D eigenvalue weighted by Gasteiger charge is -2.45. The smallest absolute Gasteiger partial charge is 0.244 e. The van der Waals surface area contributed by atoms with Gasteiger partial charge in [-0.05, 0) is 43.2 Å². The van der Waals surface area contributed by atoms with Crippen molar-refractivity contribution in [3.63, 3.8) is 0 Å². The number of pyridine rings is 1. The molecule has 1 aliphatic rings. The molecular formula is C34H37FN6O3. The van der Waals surface area contributed by atoms with E-state index in [1.807, 2.05) is 62.9 Å². The first kappa shape index (κ1) is 30.7. The molecule has 44 heavy (non-hydrogen) atoms. The zero-order valence-electron chi connectivity index (χ0n) is 25.4. The van der Waals surface area contributed by atoms with Crippen LogP contribution in [0.1, 0.15) is 37.5 Å². The van der Waals surface area contributed by atoms with Crippen LogP contribution in [0, 0.1) is 18.7 Å². The topological polar surface area (TPSA) is 101 Å². The second kappa shape index (κ2) is 13.7. The average Bonchev–Trinajstić information content (AvgIpc) is 3.02. The third-order valence-corrected chi connectivity index (χ3v) is 7.62. The van der Waals surface area contributed by atoms with Crippen LogP contribution in [0.15, 0.2) is 79.3 Å². The highest BCUT2D eigenvalue weighted by molar-refractivity contribution is 5.89. The van der Waals surface area contributed by atoms with Gasteiger partial charge in [-0.1, -0.05) is 50.2 Å². The zero-order valence-corrected chi connectivity index (χ0v) is 25.4. The van der Waals surface area contributed by atoms with Crippen LogP contribution in [0.3, 0.4) is 0 Å². The highest BCUT2D eigenvalue weighted by Crippen LogP contribution is 2.29. The quantitative estimate of drug-likeness (QED) is 0.285. The Bertz CT molecular complexity index is 1580. The predicted octanol–water partition coefficient (Wildman–Crippen LogP) is 5.15. The molecule has 228 valence electrons. The van der Waals surface area contributed by atoms with Gasteiger partial charge in [0, 0.05) is 73.9 Å². The van der Waals surface area contributed by atoms with Crippen molar-refractivity contribution >= 4 is 11.8 Å². The van der Waals surface area contributed by atoms with Gasteiger partial charge in [0.1, 0.15) is 17.6 Å². The van der Waals surface area contributed by atoms with E-state index in [-0.39, 0.29) is 43.4 Å². The molecule has 0 radical (unpaired) electrons. The Morgan fingerprint density at radius 2 is 1.75 bits per heavy atom. The van der Waals surface area contributed by atoms with Crippen molar-refractivity contribution in [2.45, 2.75) is 52.9 Å². The van der Waals surface area contributed by atoms with Crippen LogP contribution in [-0.4, -0.2) is 61.7 Å². The molecule has 2 aromatic heterocycles. The van der Waals surface area contributed by atoms with Gasteiger partial charge in [-0.3, -0.25) is 14.5 Å². The lowest BCUT2D eigenvalue weighted by molar-refractivity contribution is -0.150. The maximum absolute atomic E-state index is 15.2. The minimum Gasteiger partial charge on any atom is -0.439 e. The fraction of sp³-hybridized carbons (Fsp3) is 0.324. The highest BCUT2D eigenvalue weighted by atomic mass is 19.1. The van der Waals surface area contributed by atoms with Gasteiger partial charge >= 0.3 is 0 Å². The van der Waals surface area contributed by atoms with Crippen molar-refractivity contribution in [2.24, 2.45) is 5.92 Å². The van der Waals surface area contributed by atoms with Crippen LogP contribution >= 0.6 is 0 Å². The number of aromatic nitrogens is 3. The van der Waals surface area contributed by atoms with Gasteiger partial charge in [0.2, 0.25) is 17.7 Å². The van der Waals surface area contributed by atoms with Crippen LogP contribution in [0.25, 0.3) is 11.4 Å². The van der Waals surface area contributed by atoms with Crippen LogP contribution < -0.4 is 10.1 Å². The Morgan fingerprint density at radius 3 is 2.43 bits per heavy atom. The molecule has 0 unspecified atom stereocenters. The van der Waals surface area contributed by atoms with E-state index in [0.29, 0.717) is 29.6 Å². The summed E-state index contributed by atoms with van der Waals surface area (Å²) in [7, 11) is 0. The van der Waals surface area contributed by atoms with E-state index >= 15 is 4.39 Å². The SMILES string of the molecule is Cc1ccc(Oc2cccc(F)c2CN2C[C@@H](C)N(C(=O)C(C)C)[C@@H](C(=O)NCc3ccc(-c4ncccn4)cc3)C2)nc1. The Balaban J connectivity index is 1.32. The fourth-order valence-electron chi connectivity index (χ4n) is 5.35. The maximum Gasteiger partial charge on any atom is 0.244 e. The third kappa shape index (κ3) is 7.26. The number of rotatable bonds is 9. The Morgan fingerprint density at radius 1 is 1.00 bits per heavy atom. The Hall–Kier alpha value is -4.70. The molecule has 0 saturated carbocycles. The summed E-state index contributed by atoms with van der Waals surface area (Å²) in [4.78, 5) is 43.5. The summed E-state index contributed by atoms with van der Waals surface area (Å²) < 4.78 is 21.2. The van der Waals surface area contributed by atoms with Crippen molar-refractivity contribution in [3.05, 3.63) is 102 Å². The molecule has 1 N–H and O–H groups in total. The number of benzene rings is 2. The predicted molar refractivity (Wildman–Crippen MR) is 165 cm³/mol. The number of carbonyl (C=O) groups is 2. The number of halogens is 1. The molecule has 1 fully saturated rings. The molecule has 3 heterocycles. The van der Waals surface area contributed by atoms with Crippen LogP contribution in [0.5, 0.6) is 11.6 Å². The molecule has 2 atom stereocenters. The van der Waals surface area contributed by atoms with Crippen molar-refractivity contribution in [1.82, 2.24) is 30.1 Å².